The van der Waals surface area contributed by atoms with Crippen molar-refractivity contribution in [2.45, 2.75) is 0 Å². The van der Waals surface area contributed by atoms with E-state index in [0.29, 0.717) is 16.8 Å². The molecule has 0 unspecified atom stereocenters. The SMILES string of the molecule is Cn1cnc2c(-c3nccnc3C(N)=O)cncc21. The first-order chi connectivity index (χ1) is 9.18. The number of hydrogen-bond acceptors (Lipinski definition) is 5. The molecule has 2 N–H and O–H groups in total. The van der Waals surface area contributed by atoms with Crippen molar-refractivity contribution in [2.24, 2.45) is 12.8 Å². The Balaban J connectivity index is 2.34. The van der Waals surface area contributed by atoms with Crippen molar-refractivity contribution in [3.8, 4) is 11.3 Å². The molecular formula is C12H10N6O. The fraction of sp³-hybridized carbons (Fsp3) is 0.0833. The summed E-state index contributed by atoms with van der Waals surface area (Å²) in [4.78, 5) is 28.0. The van der Waals surface area contributed by atoms with Crippen LogP contribution in [0.5, 0.6) is 0 Å². The van der Waals surface area contributed by atoms with Gasteiger partial charge >= 0.3 is 0 Å². The highest BCUT2D eigenvalue weighted by atomic mass is 16.1. The van der Waals surface area contributed by atoms with E-state index in [1.807, 2.05) is 11.6 Å². The van der Waals surface area contributed by atoms with Crippen LogP contribution in [0.2, 0.25) is 0 Å². The van der Waals surface area contributed by atoms with E-state index >= 15 is 0 Å². The first kappa shape index (κ1) is 11.3. The van der Waals surface area contributed by atoms with Gasteiger partial charge in [0.25, 0.3) is 5.91 Å². The van der Waals surface area contributed by atoms with Gasteiger partial charge in [0.2, 0.25) is 0 Å². The molecule has 3 rings (SSSR count). The zero-order valence-corrected chi connectivity index (χ0v) is 10.1. The first-order valence-electron chi connectivity index (χ1n) is 5.54. The van der Waals surface area contributed by atoms with Gasteiger partial charge in [0, 0.05) is 31.2 Å². The summed E-state index contributed by atoms with van der Waals surface area (Å²) < 4.78 is 1.84. The van der Waals surface area contributed by atoms with Crippen LogP contribution in [0.25, 0.3) is 22.3 Å². The maximum absolute atomic E-state index is 11.4. The van der Waals surface area contributed by atoms with E-state index in [-0.39, 0.29) is 5.69 Å². The molecule has 0 atom stereocenters. The normalized spacial score (nSPS) is 10.8. The van der Waals surface area contributed by atoms with Gasteiger partial charge in [-0.05, 0) is 0 Å². The highest BCUT2D eigenvalue weighted by Gasteiger charge is 2.17. The molecule has 0 saturated carbocycles. The number of primary amides is 1. The Labute approximate surface area is 108 Å². The van der Waals surface area contributed by atoms with Crippen LogP contribution in [0.4, 0.5) is 0 Å². The van der Waals surface area contributed by atoms with E-state index in [0.717, 1.165) is 5.52 Å². The summed E-state index contributed by atoms with van der Waals surface area (Å²) >= 11 is 0. The van der Waals surface area contributed by atoms with Gasteiger partial charge in [0.15, 0.2) is 5.69 Å². The Kier molecular flexibility index (Phi) is 2.45. The number of fused-ring (bicyclic) bond motifs is 1. The predicted octanol–water partition coefficient (Wildman–Crippen LogP) is 0.524. The Morgan fingerprint density at radius 2 is 2.00 bits per heavy atom. The molecule has 1 amide bonds. The van der Waals surface area contributed by atoms with Crippen LogP contribution in [0, 0.1) is 0 Å². The van der Waals surface area contributed by atoms with Gasteiger partial charge in [0.1, 0.15) is 11.2 Å². The molecule has 0 fully saturated rings. The smallest absolute Gasteiger partial charge is 0.269 e. The first-order valence-corrected chi connectivity index (χ1v) is 5.54. The van der Waals surface area contributed by atoms with Crippen LogP contribution in [0.15, 0.2) is 31.1 Å². The number of carbonyl (C=O) groups excluding carboxylic acids is 1. The fourth-order valence-corrected chi connectivity index (χ4v) is 1.93. The van der Waals surface area contributed by atoms with Crippen LogP contribution in [0.3, 0.4) is 0 Å². The van der Waals surface area contributed by atoms with Crippen molar-refractivity contribution in [2.75, 3.05) is 0 Å². The lowest BCUT2D eigenvalue weighted by atomic mass is 10.1. The number of pyridine rings is 1. The summed E-state index contributed by atoms with van der Waals surface area (Å²) in [6, 6.07) is 0. The van der Waals surface area contributed by atoms with Gasteiger partial charge < -0.3 is 10.3 Å². The van der Waals surface area contributed by atoms with Crippen LogP contribution in [0.1, 0.15) is 10.5 Å². The number of nitrogens with two attached hydrogens (primary N) is 1. The third-order valence-corrected chi connectivity index (χ3v) is 2.82. The lowest BCUT2D eigenvalue weighted by Crippen LogP contribution is -2.15. The molecule has 0 spiro atoms. The van der Waals surface area contributed by atoms with Crippen molar-refractivity contribution >= 4 is 16.9 Å². The Morgan fingerprint density at radius 1 is 1.21 bits per heavy atom. The maximum Gasteiger partial charge on any atom is 0.269 e. The summed E-state index contributed by atoms with van der Waals surface area (Å²) in [6.07, 6.45) is 7.91. The van der Waals surface area contributed by atoms with Crippen molar-refractivity contribution in [1.29, 1.82) is 0 Å². The maximum atomic E-state index is 11.4. The summed E-state index contributed by atoms with van der Waals surface area (Å²) in [5.41, 5.74) is 8.02. The Hall–Kier alpha value is -2.83. The molecule has 0 radical (unpaired) electrons. The highest BCUT2D eigenvalue weighted by molar-refractivity contribution is 6.00. The number of hydrogen-bond donors (Lipinski definition) is 1. The van der Waals surface area contributed by atoms with Crippen LogP contribution >= 0.6 is 0 Å². The minimum absolute atomic E-state index is 0.113. The van der Waals surface area contributed by atoms with Crippen LogP contribution in [-0.4, -0.2) is 30.4 Å². The molecule has 0 saturated heterocycles. The number of carbonyl (C=O) groups is 1. The van der Waals surface area contributed by atoms with Gasteiger partial charge in [0.05, 0.1) is 18.0 Å². The molecule has 7 nitrogen and oxygen atoms in total. The molecule has 0 aliphatic carbocycles. The third kappa shape index (κ3) is 1.71. The molecular weight excluding hydrogens is 244 g/mol. The molecule has 19 heavy (non-hydrogen) atoms. The van der Waals surface area contributed by atoms with Gasteiger partial charge in [-0.2, -0.15) is 0 Å². The average molecular weight is 254 g/mol. The minimum atomic E-state index is -0.629. The highest BCUT2D eigenvalue weighted by Crippen LogP contribution is 2.26. The lowest BCUT2D eigenvalue weighted by Gasteiger charge is -2.05. The van der Waals surface area contributed by atoms with E-state index in [1.165, 1.54) is 12.4 Å². The van der Waals surface area contributed by atoms with Crippen LogP contribution < -0.4 is 5.73 Å². The van der Waals surface area contributed by atoms with Gasteiger partial charge in [-0.3, -0.25) is 14.8 Å². The quantitative estimate of drug-likeness (QED) is 0.718. The summed E-state index contributed by atoms with van der Waals surface area (Å²) in [6.45, 7) is 0. The van der Waals surface area contributed by atoms with Crippen molar-refractivity contribution in [1.82, 2.24) is 24.5 Å². The molecule has 0 bridgehead atoms. The molecule has 0 aliphatic rings. The lowest BCUT2D eigenvalue weighted by molar-refractivity contribution is 0.0996. The van der Waals surface area contributed by atoms with Crippen molar-refractivity contribution < 1.29 is 4.79 Å². The molecule has 3 heterocycles. The number of aryl methyl sites for hydroxylation is 1. The second kappa shape index (κ2) is 4.13. The monoisotopic (exact) mass is 254 g/mol. The number of imidazole rings is 1. The number of amides is 1. The van der Waals surface area contributed by atoms with Gasteiger partial charge in [-0.1, -0.05) is 0 Å². The topological polar surface area (TPSA) is 99.6 Å². The molecule has 7 heteroatoms. The van der Waals surface area contributed by atoms with E-state index in [2.05, 4.69) is 19.9 Å². The van der Waals surface area contributed by atoms with Gasteiger partial charge in [-0.15, -0.1) is 0 Å². The summed E-state index contributed by atoms with van der Waals surface area (Å²) in [7, 11) is 1.87. The molecule has 3 aromatic rings. The van der Waals surface area contributed by atoms with Crippen molar-refractivity contribution in [3.05, 3.63) is 36.8 Å². The second-order valence-corrected chi connectivity index (χ2v) is 4.03. The molecule has 3 aromatic heterocycles. The standard InChI is InChI=1S/C12H10N6O/c1-18-6-17-9-7(4-14-5-8(9)18)10-11(12(13)19)16-3-2-15-10/h2-6H,1H3,(H2,13,19). The third-order valence-electron chi connectivity index (χ3n) is 2.82. The largest absolute Gasteiger partial charge is 0.364 e. The zero-order chi connectivity index (χ0) is 13.4. The number of aromatic nitrogens is 5. The predicted molar refractivity (Wildman–Crippen MR) is 68.1 cm³/mol. The van der Waals surface area contributed by atoms with E-state index in [9.17, 15) is 4.79 Å². The fourth-order valence-electron chi connectivity index (χ4n) is 1.93. The molecule has 0 aromatic carbocycles. The van der Waals surface area contributed by atoms with Gasteiger partial charge in [-0.25, -0.2) is 9.97 Å². The molecule has 0 aliphatic heterocycles. The second-order valence-electron chi connectivity index (χ2n) is 4.03. The Bertz CT molecular complexity index is 779. The summed E-state index contributed by atoms with van der Waals surface area (Å²) in [5.74, 6) is -0.629. The van der Waals surface area contributed by atoms with E-state index < -0.39 is 5.91 Å². The summed E-state index contributed by atoms with van der Waals surface area (Å²) in [5, 5.41) is 0. The Morgan fingerprint density at radius 3 is 2.79 bits per heavy atom. The minimum Gasteiger partial charge on any atom is -0.364 e. The van der Waals surface area contributed by atoms with Crippen molar-refractivity contribution in [3.63, 3.8) is 0 Å². The van der Waals surface area contributed by atoms with E-state index in [4.69, 9.17) is 5.73 Å². The number of rotatable bonds is 2. The zero-order valence-electron chi connectivity index (χ0n) is 10.1. The van der Waals surface area contributed by atoms with Crippen LogP contribution in [-0.2, 0) is 7.05 Å². The average Bonchev–Trinajstić information content (AvgIpc) is 2.81. The number of nitrogens with zero attached hydrogens (tertiary/aromatic N) is 5. The molecule has 94 valence electrons. The van der Waals surface area contributed by atoms with E-state index in [1.54, 1.807) is 18.7 Å².